The molecule has 1 nitrogen and oxygen atoms in total. The van der Waals surface area contributed by atoms with Crippen LogP contribution in [-0.4, -0.2) is 6.54 Å². The zero-order chi connectivity index (χ0) is 11.8. The fraction of sp³-hybridized carbons (Fsp3) is 0.600. The molecule has 2 unspecified atom stereocenters. The van der Waals surface area contributed by atoms with E-state index < -0.39 is 0 Å². The Morgan fingerprint density at radius 2 is 1.75 bits per heavy atom. The third kappa shape index (κ3) is 2.15. The average molecular weight is 217 g/mol. The Hall–Kier alpha value is -0.820. The molecule has 1 aliphatic carbocycles. The zero-order valence-corrected chi connectivity index (χ0v) is 10.7. The standard InChI is InChI=1S/C15H23N/c1-15(2,3)13-7-4-11(5-8-13)14-9-6-12(14)10-16/h4-5,7-8,12,14H,6,9-10,16H2,1-3H3. The van der Waals surface area contributed by atoms with E-state index in [4.69, 9.17) is 5.73 Å². The summed E-state index contributed by atoms with van der Waals surface area (Å²) in [6.07, 6.45) is 2.62. The van der Waals surface area contributed by atoms with Gasteiger partial charge < -0.3 is 5.73 Å². The highest BCUT2D eigenvalue weighted by molar-refractivity contribution is 5.30. The van der Waals surface area contributed by atoms with Crippen molar-refractivity contribution >= 4 is 0 Å². The third-order valence-corrected chi connectivity index (χ3v) is 3.93. The summed E-state index contributed by atoms with van der Waals surface area (Å²) < 4.78 is 0. The molecule has 16 heavy (non-hydrogen) atoms. The lowest BCUT2D eigenvalue weighted by atomic mass is 9.70. The molecule has 1 aliphatic rings. The van der Waals surface area contributed by atoms with Crippen molar-refractivity contribution in [1.82, 2.24) is 0 Å². The van der Waals surface area contributed by atoms with Crippen LogP contribution in [0.3, 0.4) is 0 Å². The highest BCUT2D eigenvalue weighted by Crippen LogP contribution is 2.42. The predicted molar refractivity (Wildman–Crippen MR) is 69.7 cm³/mol. The lowest BCUT2D eigenvalue weighted by molar-refractivity contribution is 0.263. The van der Waals surface area contributed by atoms with Crippen LogP contribution in [-0.2, 0) is 5.41 Å². The molecule has 2 rings (SSSR count). The molecule has 0 spiro atoms. The van der Waals surface area contributed by atoms with Crippen LogP contribution >= 0.6 is 0 Å². The lowest BCUT2D eigenvalue weighted by Gasteiger charge is -2.36. The average Bonchev–Trinajstić information content (AvgIpc) is 2.16. The first kappa shape index (κ1) is 11.7. The minimum atomic E-state index is 0.255. The van der Waals surface area contributed by atoms with E-state index >= 15 is 0 Å². The summed E-state index contributed by atoms with van der Waals surface area (Å²) >= 11 is 0. The monoisotopic (exact) mass is 217 g/mol. The lowest BCUT2D eigenvalue weighted by Crippen LogP contribution is -2.30. The van der Waals surface area contributed by atoms with Crippen LogP contribution in [0.1, 0.15) is 50.7 Å². The van der Waals surface area contributed by atoms with Gasteiger partial charge in [-0.25, -0.2) is 0 Å². The molecule has 1 fully saturated rings. The van der Waals surface area contributed by atoms with Gasteiger partial charge in [0.1, 0.15) is 0 Å². The van der Waals surface area contributed by atoms with Crippen molar-refractivity contribution in [1.29, 1.82) is 0 Å². The molecule has 2 N–H and O–H groups in total. The van der Waals surface area contributed by atoms with Gasteiger partial charge in [-0.3, -0.25) is 0 Å². The van der Waals surface area contributed by atoms with Crippen LogP contribution in [0.5, 0.6) is 0 Å². The second kappa shape index (κ2) is 4.21. The summed E-state index contributed by atoms with van der Waals surface area (Å²) in [5.41, 5.74) is 8.91. The molecule has 0 radical (unpaired) electrons. The molecule has 1 aromatic carbocycles. The minimum absolute atomic E-state index is 0.255. The SMILES string of the molecule is CC(C)(C)c1ccc(C2CCC2CN)cc1. The molecule has 0 aliphatic heterocycles. The molecule has 1 aromatic rings. The Balaban J connectivity index is 2.14. The summed E-state index contributed by atoms with van der Waals surface area (Å²) in [5, 5.41) is 0. The second-order valence-corrected chi connectivity index (χ2v) is 6.05. The fourth-order valence-electron chi connectivity index (χ4n) is 2.52. The molecule has 0 heterocycles. The highest BCUT2D eigenvalue weighted by Gasteiger charge is 2.30. The van der Waals surface area contributed by atoms with Gasteiger partial charge in [-0.05, 0) is 47.8 Å². The highest BCUT2D eigenvalue weighted by atomic mass is 14.6. The Labute approximate surface area is 99.0 Å². The van der Waals surface area contributed by atoms with E-state index in [1.807, 2.05) is 0 Å². The zero-order valence-electron chi connectivity index (χ0n) is 10.7. The molecule has 0 aromatic heterocycles. The Bertz CT molecular complexity index is 343. The van der Waals surface area contributed by atoms with Crippen molar-refractivity contribution < 1.29 is 0 Å². The molecular weight excluding hydrogens is 194 g/mol. The van der Waals surface area contributed by atoms with Gasteiger partial charge >= 0.3 is 0 Å². The largest absolute Gasteiger partial charge is 0.330 e. The van der Waals surface area contributed by atoms with Crippen LogP contribution in [0.25, 0.3) is 0 Å². The van der Waals surface area contributed by atoms with Crippen LogP contribution in [0.4, 0.5) is 0 Å². The molecule has 0 amide bonds. The Morgan fingerprint density at radius 3 is 2.12 bits per heavy atom. The number of hydrogen-bond acceptors (Lipinski definition) is 1. The first-order valence-corrected chi connectivity index (χ1v) is 6.33. The van der Waals surface area contributed by atoms with Crippen LogP contribution in [0.15, 0.2) is 24.3 Å². The van der Waals surface area contributed by atoms with Crippen molar-refractivity contribution in [3.63, 3.8) is 0 Å². The van der Waals surface area contributed by atoms with Gasteiger partial charge in [0, 0.05) is 0 Å². The van der Waals surface area contributed by atoms with Gasteiger partial charge in [-0.15, -0.1) is 0 Å². The van der Waals surface area contributed by atoms with Crippen molar-refractivity contribution in [2.24, 2.45) is 11.7 Å². The fourth-order valence-corrected chi connectivity index (χ4v) is 2.52. The van der Waals surface area contributed by atoms with Crippen molar-refractivity contribution in [2.45, 2.75) is 44.9 Å². The van der Waals surface area contributed by atoms with E-state index in [0.29, 0.717) is 0 Å². The van der Waals surface area contributed by atoms with Crippen molar-refractivity contribution in [2.75, 3.05) is 6.54 Å². The van der Waals surface area contributed by atoms with E-state index in [1.54, 1.807) is 0 Å². The van der Waals surface area contributed by atoms with Gasteiger partial charge in [-0.1, -0.05) is 45.0 Å². The summed E-state index contributed by atoms with van der Waals surface area (Å²) in [5.74, 6) is 1.44. The maximum Gasteiger partial charge on any atom is -0.00430 e. The smallest absolute Gasteiger partial charge is 0.00430 e. The molecule has 2 atom stereocenters. The van der Waals surface area contributed by atoms with E-state index in [0.717, 1.165) is 18.4 Å². The van der Waals surface area contributed by atoms with E-state index in [1.165, 1.54) is 24.0 Å². The van der Waals surface area contributed by atoms with E-state index in [2.05, 4.69) is 45.0 Å². The number of nitrogens with two attached hydrogens (primary N) is 1. The summed E-state index contributed by atoms with van der Waals surface area (Å²) in [7, 11) is 0. The van der Waals surface area contributed by atoms with Crippen LogP contribution in [0, 0.1) is 5.92 Å². The van der Waals surface area contributed by atoms with Gasteiger partial charge in [0.25, 0.3) is 0 Å². The van der Waals surface area contributed by atoms with Crippen molar-refractivity contribution in [3.05, 3.63) is 35.4 Å². The molecule has 0 bridgehead atoms. The van der Waals surface area contributed by atoms with Gasteiger partial charge in [0.05, 0.1) is 0 Å². The number of hydrogen-bond donors (Lipinski definition) is 1. The first-order valence-electron chi connectivity index (χ1n) is 6.33. The Kier molecular flexibility index (Phi) is 3.07. The van der Waals surface area contributed by atoms with Gasteiger partial charge in [0.2, 0.25) is 0 Å². The molecular formula is C15H23N. The van der Waals surface area contributed by atoms with E-state index in [9.17, 15) is 0 Å². The Morgan fingerprint density at radius 1 is 1.12 bits per heavy atom. The van der Waals surface area contributed by atoms with Gasteiger partial charge in [-0.2, -0.15) is 0 Å². The molecule has 1 heteroatoms. The molecule has 1 saturated carbocycles. The molecule has 88 valence electrons. The normalized spacial score (nSPS) is 25.2. The molecule has 0 saturated heterocycles. The summed E-state index contributed by atoms with van der Waals surface area (Å²) in [6.45, 7) is 7.61. The summed E-state index contributed by atoms with van der Waals surface area (Å²) in [6, 6.07) is 9.16. The third-order valence-electron chi connectivity index (χ3n) is 3.93. The number of benzene rings is 1. The quantitative estimate of drug-likeness (QED) is 0.807. The maximum absolute atomic E-state index is 5.76. The summed E-state index contributed by atoms with van der Waals surface area (Å²) in [4.78, 5) is 0. The minimum Gasteiger partial charge on any atom is -0.330 e. The van der Waals surface area contributed by atoms with Gasteiger partial charge in [0.15, 0.2) is 0 Å². The first-order chi connectivity index (χ1) is 7.52. The predicted octanol–water partition coefficient (Wildman–Crippen LogP) is 3.44. The van der Waals surface area contributed by atoms with E-state index in [-0.39, 0.29) is 5.41 Å². The topological polar surface area (TPSA) is 26.0 Å². The van der Waals surface area contributed by atoms with Crippen LogP contribution in [0.2, 0.25) is 0 Å². The second-order valence-electron chi connectivity index (χ2n) is 6.05. The number of rotatable bonds is 2. The van der Waals surface area contributed by atoms with Crippen LogP contribution < -0.4 is 5.73 Å². The van der Waals surface area contributed by atoms with Crippen molar-refractivity contribution in [3.8, 4) is 0 Å². The maximum atomic E-state index is 5.76.